The molecule has 14 heavy (non-hydrogen) atoms. The van der Waals surface area contributed by atoms with Gasteiger partial charge in [-0.05, 0) is 0 Å². The summed E-state index contributed by atoms with van der Waals surface area (Å²) in [4.78, 5) is 11.2. The van der Waals surface area contributed by atoms with Crippen LogP contribution in [0.2, 0.25) is 1.41 Å². The van der Waals surface area contributed by atoms with Gasteiger partial charge < -0.3 is 9.42 Å². The fraction of sp³-hybridized carbons (Fsp3) is 0.375. The maximum atomic E-state index is 11.2. The van der Waals surface area contributed by atoms with E-state index < -0.39 is 44.8 Å². The van der Waals surface area contributed by atoms with Crippen molar-refractivity contribution in [3.05, 3.63) is 30.5 Å². The predicted molar refractivity (Wildman–Crippen MR) is 49.3 cm³/mol. The summed E-state index contributed by atoms with van der Waals surface area (Å²) >= 11 is 0. The van der Waals surface area contributed by atoms with Crippen molar-refractivity contribution in [2.75, 3.05) is 13.7 Å². The molecule has 6 heteroatoms. The Bertz CT molecular complexity index is 543. The summed E-state index contributed by atoms with van der Waals surface area (Å²) in [6.45, 7) is -0.679. The van der Waals surface area contributed by atoms with E-state index in [4.69, 9.17) is 8.27 Å². The van der Waals surface area contributed by atoms with Crippen molar-refractivity contribution in [1.29, 1.82) is 0 Å². The van der Waals surface area contributed by atoms with Crippen LogP contribution in [-0.4, -0.2) is 13.7 Å². The van der Waals surface area contributed by atoms with Crippen LogP contribution in [0.25, 0.3) is 0 Å². The quantitative estimate of drug-likeness (QED) is 0.547. The summed E-state index contributed by atoms with van der Waals surface area (Å²) in [6.07, 6.45) is -0.968. The van der Waals surface area contributed by atoms with Crippen molar-refractivity contribution in [3.63, 3.8) is 0 Å². The molecule has 1 aromatic heterocycles. The van der Waals surface area contributed by atoms with E-state index in [1.165, 1.54) is 0 Å². The molecular formula is C8H13N2O3P. The summed E-state index contributed by atoms with van der Waals surface area (Å²) in [7, 11) is -3.57. The maximum absolute atomic E-state index is 11.2. The molecule has 1 atom stereocenters. The van der Waals surface area contributed by atoms with Crippen molar-refractivity contribution in [1.82, 2.24) is 5.08 Å². The zero-order valence-corrected chi connectivity index (χ0v) is 8.38. The van der Waals surface area contributed by atoms with Crippen molar-refractivity contribution >= 4 is 7.75 Å². The monoisotopic (exact) mass is 222 g/mol. The van der Waals surface area contributed by atoms with Crippen LogP contribution >= 0.6 is 7.75 Å². The number of aromatic nitrogens is 1. The van der Waals surface area contributed by atoms with Crippen LogP contribution in [0.15, 0.2) is 30.5 Å². The van der Waals surface area contributed by atoms with E-state index in [1.807, 2.05) is 0 Å². The molecule has 0 radical (unpaired) electrons. The highest BCUT2D eigenvalue weighted by atomic mass is 31.2. The molecule has 0 aromatic carbocycles. The molecule has 0 aliphatic rings. The van der Waals surface area contributed by atoms with Gasteiger partial charge in [0.2, 0.25) is 7.75 Å². The lowest BCUT2D eigenvalue weighted by molar-refractivity contribution is -0.694. The molecule has 0 aliphatic carbocycles. The minimum absolute atomic E-state index is 0.167. The highest BCUT2D eigenvalue weighted by Crippen LogP contribution is 2.28. The van der Waals surface area contributed by atoms with E-state index in [2.05, 4.69) is 4.52 Å². The molecule has 1 unspecified atom stereocenters. The fourth-order valence-electron chi connectivity index (χ4n) is 0.687. The van der Waals surface area contributed by atoms with E-state index in [9.17, 15) is 9.46 Å². The van der Waals surface area contributed by atoms with Crippen LogP contribution in [0.4, 0.5) is 0 Å². The molecule has 1 aromatic rings. The van der Waals surface area contributed by atoms with Crippen molar-refractivity contribution in [2.45, 2.75) is 6.54 Å². The smallest absolute Gasteiger partial charge is 0.204 e. The Morgan fingerprint density at radius 2 is 2.29 bits per heavy atom. The number of hydrogen-bond acceptors (Lipinski definition) is 3. The summed E-state index contributed by atoms with van der Waals surface area (Å²) < 4.78 is 61.1. The van der Waals surface area contributed by atoms with Gasteiger partial charge in [0.15, 0.2) is 18.9 Å². The van der Waals surface area contributed by atoms with Crippen molar-refractivity contribution in [3.8, 4) is 0 Å². The van der Waals surface area contributed by atoms with Gasteiger partial charge in [0, 0.05) is 19.2 Å². The molecule has 0 bridgehead atoms. The Labute approximate surface area is 91.4 Å². The average molecular weight is 222 g/mol. The SMILES string of the molecule is [2H]c1c([2H])c([2H])[n+](CCN([2H])P(=O)([O-])OC)c([2H])c1[2H]. The van der Waals surface area contributed by atoms with Crippen LogP contribution in [0.1, 0.15) is 6.85 Å². The molecule has 1 heterocycles. The zero-order chi connectivity index (χ0) is 15.7. The zero-order valence-electron chi connectivity index (χ0n) is 13.5. The Balaban J connectivity index is 3.03. The van der Waals surface area contributed by atoms with Crippen molar-refractivity contribution in [2.24, 2.45) is 0 Å². The second-order valence-electron chi connectivity index (χ2n) is 2.27. The first kappa shape index (κ1) is 5.37. The topological polar surface area (TPSA) is 65.3 Å². The molecule has 0 fully saturated rings. The molecule has 0 aliphatic heterocycles. The first-order valence-corrected chi connectivity index (χ1v) is 5.23. The summed E-state index contributed by atoms with van der Waals surface area (Å²) in [5.41, 5.74) is 0. The van der Waals surface area contributed by atoms with Crippen LogP contribution in [-0.2, 0) is 15.6 Å². The molecule has 1 rings (SSSR count). The largest absolute Gasteiger partial charge is 0.766 e. The molecular weight excluding hydrogens is 203 g/mol. The van der Waals surface area contributed by atoms with E-state index in [0.717, 1.165) is 11.7 Å². The number of nitrogens with one attached hydrogen (secondary N) is 1. The van der Waals surface area contributed by atoms with E-state index in [0.29, 0.717) is 0 Å². The lowest BCUT2D eigenvalue weighted by Crippen LogP contribution is -2.38. The van der Waals surface area contributed by atoms with Crippen LogP contribution < -0.4 is 14.5 Å². The third-order valence-corrected chi connectivity index (χ3v) is 2.34. The third kappa shape index (κ3) is 3.98. The second-order valence-corrected chi connectivity index (χ2v) is 3.85. The van der Waals surface area contributed by atoms with Crippen LogP contribution in [0, 0.1) is 0 Å². The van der Waals surface area contributed by atoms with Gasteiger partial charge in [-0.1, -0.05) is 6.04 Å². The van der Waals surface area contributed by atoms with Gasteiger partial charge in [-0.15, -0.1) is 0 Å². The van der Waals surface area contributed by atoms with E-state index in [-0.39, 0.29) is 11.6 Å². The number of pyridine rings is 1. The first-order valence-electron chi connectivity index (χ1n) is 6.68. The normalized spacial score (nSPS) is 21.4. The second kappa shape index (κ2) is 5.22. The standard InChI is InChI=1S/C8H13N2O3P/c1-13-14(11,12)9-5-8-10-6-3-2-4-7-10/h2-4,6-7H,5,8H2,1H3,(H-,9,11,12)/i2D,3D,4D,6D,7D/hD. The molecule has 0 saturated heterocycles. The Hall–Kier alpha value is -0.740. The van der Waals surface area contributed by atoms with Crippen LogP contribution in [0.3, 0.4) is 0 Å². The molecule has 0 amide bonds. The van der Waals surface area contributed by atoms with Gasteiger partial charge in [-0.2, -0.15) is 0 Å². The lowest BCUT2D eigenvalue weighted by Gasteiger charge is -2.20. The lowest BCUT2D eigenvalue weighted by atomic mass is 10.5. The van der Waals surface area contributed by atoms with Gasteiger partial charge >= 0.3 is 0 Å². The Morgan fingerprint density at radius 1 is 1.64 bits per heavy atom. The highest BCUT2D eigenvalue weighted by Gasteiger charge is 2.05. The highest BCUT2D eigenvalue weighted by molar-refractivity contribution is 7.49. The molecule has 78 valence electrons. The number of rotatable bonds is 5. The molecule has 0 spiro atoms. The Kier molecular flexibility index (Phi) is 2.00. The molecule has 5 nitrogen and oxygen atoms in total. The van der Waals surface area contributed by atoms with Crippen LogP contribution in [0.5, 0.6) is 0 Å². The predicted octanol–water partition coefficient (Wildman–Crippen LogP) is -0.322. The summed E-state index contributed by atoms with van der Waals surface area (Å²) in [6, 6.07) is -1.59. The van der Waals surface area contributed by atoms with Gasteiger partial charge in [-0.25, -0.2) is 9.65 Å². The summed E-state index contributed by atoms with van der Waals surface area (Å²) in [5, 5.41) is 0.167. The number of hydrogen-bond donors (Lipinski definition) is 1. The third-order valence-electron chi connectivity index (χ3n) is 1.33. The van der Waals surface area contributed by atoms with Gasteiger partial charge in [-0.3, -0.25) is 4.57 Å². The fourth-order valence-corrected chi connectivity index (χ4v) is 1.14. The van der Waals surface area contributed by atoms with Gasteiger partial charge in [0.05, 0.1) is 10.7 Å². The minimum atomic E-state index is -4.48. The van der Waals surface area contributed by atoms with E-state index >= 15 is 0 Å². The van der Waals surface area contributed by atoms with Gasteiger partial charge in [0.25, 0.3) is 0 Å². The van der Waals surface area contributed by atoms with Crippen molar-refractivity contribution < 1.29 is 26.8 Å². The van der Waals surface area contributed by atoms with Gasteiger partial charge in [0.1, 0.15) is 4.15 Å². The maximum Gasteiger partial charge on any atom is 0.204 e. The number of nitrogens with zero attached hydrogens (tertiary/aromatic N) is 1. The molecule has 0 saturated carbocycles. The first-order chi connectivity index (χ1) is 9.13. The molecule has 1 N–H and O–H groups in total. The summed E-state index contributed by atoms with van der Waals surface area (Å²) in [5.74, 6) is 0. The minimum Gasteiger partial charge on any atom is -0.766 e. The Morgan fingerprint density at radius 3 is 2.86 bits per heavy atom. The average Bonchev–Trinajstić information content (AvgIpc) is 2.42. The van der Waals surface area contributed by atoms with E-state index in [1.54, 1.807) is 0 Å².